The summed E-state index contributed by atoms with van der Waals surface area (Å²) >= 11 is 0. The Kier molecular flexibility index (Phi) is 1.54. The van der Waals surface area contributed by atoms with Gasteiger partial charge in [-0.05, 0) is 19.4 Å². The number of hydrogen-bond donors (Lipinski definition) is 2. The molecule has 1 aliphatic heterocycles. The van der Waals surface area contributed by atoms with Crippen molar-refractivity contribution in [1.29, 1.82) is 0 Å². The van der Waals surface area contributed by atoms with Gasteiger partial charge in [-0.2, -0.15) is 0 Å². The molecule has 1 fully saturated rings. The Labute approximate surface area is 64.7 Å². The van der Waals surface area contributed by atoms with Crippen LogP contribution in [0.5, 0.6) is 0 Å². The minimum Gasteiger partial charge on any atom is -0.367 e. The van der Waals surface area contributed by atoms with Crippen LogP contribution in [-0.4, -0.2) is 11.7 Å². The number of anilines is 1. The quantitative estimate of drug-likeness (QED) is 0.622. The molecule has 2 rings (SSSR count). The molecular formula is C7H11N3O. The van der Waals surface area contributed by atoms with Gasteiger partial charge < -0.3 is 15.6 Å². The molecule has 0 bridgehead atoms. The summed E-state index contributed by atoms with van der Waals surface area (Å²) in [6, 6.07) is 0.362. The normalized spacial score (nSPS) is 24.2. The smallest absolute Gasteiger partial charge is 0.226 e. The Morgan fingerprint density at radius 1 is 1.73 bits per heavy atom. The van der Waals surface area contributed by atoms with Crippen molar-refractivity contribution < 1.29 is 4.52 Å². The molecule has 0 radical (unpaired) electrons. The van der Waals surface area contributed by atoms with E-state index in [1.54, 1.807) is 6.20 Å². The highest BCUT2D eigenvalue weighted by Crippen LogP contribution is 2.26. The maximum Gasteiger partial charge on any atom is 0.226 e. The molecule has 0 aromatic carbocycles. The fraction of sp³-hybridized carbons (Fsp3) is 0.571. The molecular weight excluding hydrogens is 142 g/mol. The maximum absolute atomic E-state index is 5.55. The van der Waals surface area contributed by atoms with Crippen molar-refractivity contribution in [1.82, 2.24) is 10.5 Å². The van der Waals surface area contributed by atoms with Crippen molar-refractivity contribution in [3.8, 4) is 0 Å². The largest absolute Gasteiger partial charge is 0.367 e. The second-order valence-electron chi connectivity index (χ2n) is 2.79. The summed E-state index contributed by atoms with van der Waals surface area (Å²) in [6.07, 6.45) is 4.03. The van der Waals surface area contributed by atoms with Crippen LogP contribution in [-0.2, 0) is 0 Å². The van der Waals surface area contributed by atoms with Crippen molar-refractivity contribution in [2.45, 2.75) is 18.9 Å². The third kappa shape index (κ3) is 1.09. The van der Waals surface area contributed by atoms with Crippen LogP contribution in [0, 0.1) is 0 Å². The second kappa shape index (κ2) is 2.54. The predicted molar refractivity (Wildman–Crippen MR) is 40.9 cm³/mol. The number of rotatable bonds is 1. The van der Waals surface area contributed by atoms with Crippen LogP contribution in [0.15, 0.2) is 10.7 Å². The third-order valence-corrected chi connectivity index (χ3v) is 2.06. The molecule has 0 amide bonds. The highest BCUT2D eigenvalue weighted by Gasteiger charge is 2.20. The molecule has 0 aliphatic carbocycles. The molecule has 11 heavy (non-hydrogen) atoms. The number of nitrogen functional groups attached to an aromatic ring is 1. The van der Waals surface area contributed by atoms with Crippen LogP contribution >= 0.6 is 0 Å². The lowest BCUT2D eigenvalue weighted by Crippen LogP contribution is -2.13. The van der Waals surface area contributed by atoms with Crippen LogP contribution in [0.25, 0.3) is 0 Å². The van der Waals surface area contributed by atoms with Crippen LogP contribution in [0.1, 0.15) is 24.4 Å². The van der Waals surface area contributed by atoms with E-state index >= 15 is 0 Å². The van der Waals surface area contributed by atoms with Gasteiger partial charge in [0.1, 0.15) is 0 Å². The van der Waals surface area contributed by atoms with Crippen molar-refractivity contribution in [2.75, 3.05) is 12.3 Å². The van der Waals surface area contributed by atoms with Gasteiger partial charge in [-0.15, -0.1) is 0 Å². The Hall–Kier alpha value is -1.03. The lowest BCUT2D eigenvalue weighted by atomic mass is 10.1. The Morgan fingerprint density at radius 2 is 2.64 bits per heavy atom. The SMILES string of the molecule is Nc1oncc1C1CCCN1. The molecule has 3 N–H and O–H groups in total. The van der Waals surface area contributed by atoms with Crippen molar-refractivity contribution in [3.63, 3.8) is 0 Å². The molecule has 60 valence electrons. The van der Waals surface area contributed by atoms with Crippen molar-refractivity contribution in [2.24, 2.45) is 0 Å². The Balaban J connectivity index is 2.21. The molecule has 1 aliphatic rings. The second-order valence-corrected chi connectivity index (χ2v) is 2.79. The van der Waals surface area contributed by atoms with E-state index in [1.165, 1.54) is 6.42 Å². The average Bonchev–Trinajstić information content (AvgIpc) is 2.55. The number of nitrogens with two attached hydrogens (primary N) is 1. The number of nitrogens with zero attached hydrogens (tertiary/aromatic N) is 1. The molecule has 1 aromatic rings. The number of nitrogens with one attached hydrogen (secondary N) is 1. The van der Waals surface area contributed by atoms with Gasteiger partial charge in [0, 0.05) is 6.04 Å². The zero-order valence-electron chi connectivity index (χ0n) is 6.21. The van der Waals surface area contributed by atoms with E-state index in [0.717, 1.165) is 18.5 Å². The van der Waals surface area contributed by atoms with Gasteiger partial charge in [0.15, 0.2) is 0 Å². The van der Waals surface area contributed by atoms with Crippen LogP contribution < -0.4 is 11.1 Å². The summed E-state index contributed by atoms with van der Waals surface area (Å²) in [4.78, 5) is 0. The summed E-state index contributed by atoms with van der Waals surface area (Å²) in [5.41, 5.74) is 6.55. The van der Waals surface area contributed by atoms with Crippen molar-refractivity contribution in [3.05, 3.63) is 11.8 Å². The van der Waals surface area contributed by atoms with Gasteiger partial charge in [0.05, 0.1) is 11.8 Å². The van der Waals surface area contributed by atoms with Crippen LogP contribution in [0.4, 0.5) is 5.88 Å². The minimum atomic E-state index is 0.362. The first kappa shape index (κ1) is 6.67. The lowest BCUT2D eigenvalue weighted by molar-refractivity contribution is 0.435. The molecule has 2 heterocycles. The van der Waals surface area contributed by atoms with E-state index in [-0.39, 0.29) is 0 Å². The van der Waals surface area contributed by atoms with Gasteiger partial charge in [-0.1, -0.05) is 5.16 Å². The fourth-order valence-electron chi connectivity index (χ4n) is 1.47. The van der Waals surface area contributed by atoms with Crippen LogP contribution in [0.3, 0.4) is 0 Å². The minimum absolute atomic E-state index is 0.362. The van der Waals surface area contributed by atoms with Gasteiger partial charge >= 0.3 is 0 Å². The summed E-state index contributed by atoms with van der Waals surface area (Å²) in [6.45, 7) is 1.06. The van der Waals surface area contributed by atoms with E-state index in [1.807, 2.05) is 0 Å². The molecule has 4 nitrogen and oxygen atoms in total. The standard InChI is InChI=1S/C7H11N3O/c8-7-5(4-10-11-7)6-2-1-3-9-6/h4,6,9H,1-3,8H2. The van der Waals surface area contributed by atoms with E-state index in [2.05, 4.69) is 10.5 Å². The first-order valence-electron chi connectivity index (χ1n) is 3.81. The lowest BCUT2D eigenvalue weighted by Gasteiger charge is -2.05. The molecule has 0 spiro atoms. The summed E-state index contributed by atoms with van der Waals surface area (Å²) in [5, 5.41) is 6.95. The molecule has 1 saturated heterocycles. The Bertz CT molecular complexity index is 240. The molecule has 1 atom stereocenters. The van der Waals surface area contributed by atoms with Gasteiger partial charge in [0.2, 0.25) is 5.88 Å². The summed E-state index contributed by atoms with van der Waals surface area (Å²) in [7, 11) is 0. The zero-order valence-corrected chi connectivity index (χ0v) is 6.21. The predicted octanol–water partition coefficient (Wildman–Crippen LogP) is 0.681. The molecule has 0 saturated carbocycles. The monoisotopic (exact) mass is 153 g/mol. The van der Waals surface area contributed by atoms with Gasteiger partial charge in [0.25, 0.3) is 0 Å². The highest BCUT2D eigenvalue weighted by molar-refractivity contribution is 5.36. The molecule has 4 heteroatoms. The fourth-order valence-corrected chi connectivity index (χ4v) is 1.47. The first-order chi connectivity index (χ1) is 5.38. The zero-order chi connectivity index (χ0) is 7.68. The van der Waals surface area contributed by atoms with Crippen LogP contribution in [0.2, 0.25) is 0 Å². The summed E-state index contributed by atoms with van der Waals surface area (Å²) in [5.74, 6) is 0.449. The maximum atomic E-state index is 5.55. The van der Waals surface area contributed by atoms with Gasteiger partial charge in [-0.3, -0.25) is 0 Å². The van der Waals surface area contributed by atoms with E-state index < -0.39 is 0 Å². The van der Waals surface area contributed by atoms with Gasteiger partial charge in [-0.25, -0.2) is 0 Å². The Morgan fingerprint density at radius 3 is 3.18 bits per heavy atom. The van der Waals surface area contributed by atoms with E-state index in [0.29, 0.717) is 11.9 Å². The van der Waals surface area contributed by atoms with E-state index in [4.69, 9.17) is 10.3 Å². The number of aromatic nitrogens is 1. The van der Waals surface area contributed by atoms with E-state index in [9.17, 15) is 0 Å². The van der Waals surface area contributed by atoms with Crippen molar-refractivity contribution >= 4 is 5.88 Å². The summed E-state index contributed by atoms with van der Waals surface area (Å²) < 4.78 is 4.76. The average molecular weight is 153 g/mol. The number of hydrogen-bond acceptors (Lipinski definition) is 4. The molecule has 1 unspecified atom stereocenters. The third-order valence-electron chi connectivity index (χ3n) is 2.06. The highest BCUT2D eigenvalue weighted by atomic mass is 16.5. The topological polar surface area (TPSA) is 64.1 Å². The molecule has 1 aromatic heterocycles. The first-order valence-corrected chi connectivity index (χ1v) is 3.81.